The lowest BCUT2D eigenvalue weighted by atomic mass is 10.2. The van der Waals surface area contributed by atoms with Gasteiger partial charge in [-0.1, -0.05) is 0 Å². The first-order chi connectivity index (χ1) is 14.2. The molecule has 29 heavy (non-hydrogen) atoms. The van der Waals surface area contributed by atoms with Gasteiger partial charge in [-0.05, 0) is 61.4 Å². The summed E-state index contributed by atoms with van der Waals surface area (Å²) in [5, 5.41) is 14.7. The summed E-state index contributed by atoms with van der Waals surface area (Å²) in [4.78, 5) is 23.2. The predicted octanol–water partition coefficient (Wildman–Crippen LogP) is 3.94. The summed E-state index contributed by atoms with van der Waals surface area (Å²) in [6, 6.07) is 16.9. The van der Waals surface area contributed by atoms with E-state index >= 15 is 0 Å². The molecule has 4 rings (SSSR count). The molecule has 0 saturated carbocycles. The van der Waals surface area contributed by atoms with Gasteiger partial charge < -0.3 is 15.5 Å². The molecule has 1 aromatic heterocycles. The Morgan fingerprint density at radius 2 is 1.55 bits per heavy atom. The molecule has 1 aliphatic rings. The largest absolute Gasteiger partial charge is 0.372 e. The van der Waals surface area contributed by atoms with Crippen molar-refractivity contribution in [2.75, 3.05) is 28.6 Å². The topological polar surface area (TPSA) is 93.9 Å². The average molecular weight is 384 g/mol. The van der Waals surface area contributed by atoms with Crippen LogP contribution >= 0.6 is 0 Å². The van der Waals surface area contributed by atoms with Gasteiger partial charge >= 0.3 is 0 Å². The van der Waals surface area contributed by atoms with Crippen molar-refractivity contribution in [3.8, 4) is 6.07 Å². The first-order valence-electron chi connectivity index (χ1n) is 9.47. The van der Waals surface area contributed by atoms with Crippen LogP contribution in [-0.2, 0) is 0 Å². The van der Waals surface area contributed by atoms with Gasteiger partial charge in [0.25, 0.3) is 5.91 Å². The molecule has 144 valence electrons. The zero-order chi connectivity index (χ0) is 20.1. The van der Waals surface area contributed by atoms with E-state index in [0.29, 0.717) is 22.8 Å². The van der Waals surface area contributed by atoms with Crippen molar-refractivity contribution < 1.29 is 4.79 Å². The monoisotopic (exact) mass is 384 g/mol. The summed E-state index contributed by atoms with van der Waals surface area (Å²) < 4.78 is 0. The molecule has 0 radical (unpaired) electrons. The van der Waals surface area contributed by atoms with Crippen LogP contribution in [0.1, 0.15) is 28.8 Å². The van der Waals surface area contributed by atoms with Gasteiger partial charge in [0.1, 0.15) is 0 Å². The summed E-state index contributed by atoms with van der Waals surface area (Å²) in [6.45, 7) is 2.23. The Bertz CT molecular complexity index is 1020. The van der Waals surface area contributed by atoms with Crippen LogP contribution in [0.25, 0.3) is 0 Å². The first-order valence-corrected chi connectivity index (χ1v) is 9.47. The minimum absolute atomic E-state index is 0.309. The Morgan fingerprint density at radius 3 is 2.17 bits per heavy atom. The van der Waals surface area contributed by atoms with E-state index in [0.717, 1.165) is 18.8 Å². The third-order valence-corrected chi connectivity index (χ3v) is 4.78. The third kappa shape index (κ3) is 4.50. The molecule has 7 heteroatoms. The van der Waals surface area contributed by atoms with Gasteiger partial charge in [-0.3, -0.25) is 4.79 Å². The highest BCUT2D eigenvalue weighted by Crippen LogP contribution is 2.23. The normalized spacial score (nSPS) is 13.0. The number of aromatic nitrogens is 2. The smallest absolute Gasteiger partial charge is 0.258 e. The minimum Gasteiger partial charge on any atom is -0.372 e. The van der Waals surface area contributed by atoms with Gasteiger partial charge in [-0.2, -0.15) is 5.26 Å². The maximum absolute atomic E-state index is 12.3. The SMILES string of the molecule is N#Cc1ccc(NC(=O)c2cnc(Nc3ccc(N4CCCC4)cc3)nc2)cc1. The van der Waals surface area contributed by atoms with E-state index in [1.165, 1.54) is 30.9 Å². The van der Waals surface area contributed by atoms with Crippen LogP contribution in [0.2, 0.25) is 0 Å². The van der Waals surface area contributed by atoms with Gasteiger partial charge in [0.05, 0.1) is 17.2 Å². The number of benzene rings is 2. The van der Waals surface area contributed by atoms with Crippen molar-refractivity contribution in [3.05, 3.63) is 72.1 Å². The summed E-state index contributed by atoms with van der Waals surface area (Å²) in [7, 11) is 0. The van der Waals surface area contributed by atoms with Gasteiger partial charge in [-0.15, -0.1) is 0 Å². The average Bonchev–Trinajstić information content (AvgIpc) is 3.30. The van der Waals surface area contributed by atoms with Gasteiger partial charge in [-0.25, -0.2) is 9.97 Å². The Kier molecular flexibility index (Phi) is 5.34. The molecule has 1 saturated heterocycles. The van der Waals surface area contributed by atoms with Crippen LogP contribution in [0.15, 0.2) is 60.9 Å². The molecule has 1 fully saturated rings. The minimum atomic E-state index is -0.309. The molecule has 0 bridgehead atoms. The van der Waals surface area contributed by atoms with E-state index in [9.17, 15) is 4.79 Å². The third-order valence-electron chi connectivity index (χ3n) is 4.78. The molecule has 7 nitrogen and oxygen atoms in total. The number of hydrogen-bond acceptors (Lipinski definition) is 6. The van der Waals surface area contributed by atoms with E-state index in [2.05, 4.69) is 37.6 Å². The van der Waals surface area contributed by atoms with E-state index < -0.39 is 0 Å². The molecule has 0 spiro atoms. The lowest BCUT2D eigenvalue weighted by Crippen LogP contribution is -2.17. The number of nitriles is 1. The Labute approximate surface area is 169 Å². The van der Waals surface area contributed by atoms with Crippen LogP contribution in [0.3, 0.4) is 0 Å². The van der Waals surface area contributed by atoms with Gasteiger partial charge in [0.2, 0.25) is 5.95 Å². The van der Waals surface area contributed by atoms with E-state index in [1.54, 1.807) is 24.3 Å². The number of hydrogen-bond donors (Lipinski definition) is 2. The van der Waals surface area contributed by atoms with E-state index in [4.69, 9.17) is 5.26 Å². The molecule has 0 unspecified atom stereocenters. The summed E-state index contributed by atoms with van der Waals surface area (Å²) in [6.07, 6.45) is 5.46. The highest BCUT2D eigenvalue weighted by atomic mass is 16.1. The maximum Gasteiger partial charge on any atom is 0.258 e. The molecule has 2 heterocycles. The standard InChI is InChI=1S/C22H20N6O/c23-13-16-3-5-18(6-4-16)26-21(29)17-14-24-22(25-15-17)27-19-7-9-20(10-8-19)28-11-1-2-12-28/h3-10,14-15H,1-2,11-12H2,(H,26,29)(H,24,25,27). The summed E-state index contributed by atoms with van der Waals surface area (Å²) in [5.74, 6) is 0.116. The van der Waals surface area contributed by atoms with Gasteiger partial charge in [0.15, 0.2) is 0 Å². The van der Waals surface area contributed by atoms with Crippen LogP contribution < -0.4 is 15.5 Å². The lowest BCUT2D eigenvalue weighted by Gasteiger charge is -2.17. The van der Waals surface area contributed by atoms with Crippen LogP contribution in [0.5, 0.6) is 0 Å². The fraction of sp³-hybridized carbons (Fsp3) is 0.182. The summed E-state index contributed by atoms with van der Waals surface area (Å²) in [5.41, 5.74) is 3.61. The fourth-order valence-electron chi connectivity index (χ4n) is 3.20. The maximum atomic E-state index is 12.3. The predicted molar refractivity (Wildman–Crippen MR) is 112 cm³/mol. The molecule has 0 aliphatic carbocycles. The van der Waals surface area contributed by atoms with Crippen LogP contribution in [-0.4, -0.2) is 29.0 Å². The molecule has 1 amide bonds. The van der Waals surface area contributed by atoms with Crippen molar-refractivity contribution in [2.45, 2.75) is 12.8 Å². The number of carbonyl (C=O) groups is 1. The van der Waals surface area contributed by atoms with Crippen molar-refractivity contribution in [3.63, 3.8) is 0 Å². The molecule has 3 aromatic rings. The number of rotatable bonds is 5. The Morgan fingerprint density at radius 1 is 0.931 bits per heavy atom. The highest BCUT2D eigenvalue weighted by Gasteiger charge is 2.12. The van der Waals surface area contributed by atoms with Crippen molar-refractivity contribution in [1.82, 2.24) is 9.97 Å². The second kappa shape index (κ2) is 8.40. The number of nitrogens with zero attached hydrogens (tertiary/aromatic N) is 4. The molecule has 2 N–H and O–H groups in total. The summed E-state index contributed by atoms with van der Waals surface area (Å²) >= 11 is 0. The molecule has 2 aromatic carbocycles. The fourth-order valence-corrected chi connectivity index (χ4v) is 3.20. The quantitative estimate of drug-likeness (QED) is 0.692. The Balaban J connectivity index is 1.37. The van der Waals surface area contributed by atoms with Crippen molar-refractivity contribution in [1.29, 1.82) is 5.26 Å². The lowest BCUT2D eigenvalue weighted by molar-refractivity contribution is 0.102. The van der Waals surface area contributed by atoms with Crippen molar-refractivity contribution in [2.24, 2.45) is 0 Å². The van der Waals surface area contributed by atoms with Gasteiger partial charge in [0, 0.05) is 42.5 Å². The Hall–Kier alpha value is -3.92. The van der Waals surface area contributed by atoms with E-state index in [1.807, 2.05) is 18.2 Å². The second-order valence-corrected chi connectivity index (χ2v) is 6.80. The van der Waals surface area contributed by atoms with Crippen LogP contribution in [0, 0.1) is 11.3 Å². The van der Waals surface area contributed by atoms with E-state index in [-0.39, 0.29) is 5.91 Å². The zero-order valence-electron chi connectivity index (χ0n) is 15.8. The molecule has 1 aliphatic heterocycles. The molecular weight excluding hydrogens is 364 g/mol. The second-order valence-electron chi connectivity index (χ2n) is 6.80. The molecular formula is C22H20N6O. The van der Waals surface area contributed by atoms with Crippen LogP contribution in [0.4, 0.5) is 23.0 Å². The molecule has 0 atom stereocenters. The number of amides is 1. The number of anilines is 4. The highest BCUT2D eigenvalue weighted by molar-refractivity contribution is 6.03. The number of nitrogens with one attached hydrogen (secondary N) is 2. The zero-order valence-corrected chi connectivity index (χ0v) is 15.8. The number of carbonyl (C=O) groups excluding carboxylic acids is 1. The van der Waals surface area contributed by atoms with Crippen molar-refractivity contribution >= 4 is 28.9 Å². The first kappa shape index (κ1) is 18.4.